The van der Waals surface area contributed by atoms with Crippen molar-refractivity contribution in [1.29, 1.82) is 0 Å². The van der Waals surface area contributed by atoms with Gasteiger partial charge in [-0.1, -0.05) is 58.4 Å². The van der Waals surface area contributed by atoms with Crippen LogP contribution in [0, 0.1) is 0 Å². The zero-order valence-corrected chi connectivity index (χ0v) is 19.8. The molecule has 5 nitrogen and oxygen atoms in total. The molecule has 0 fully saturated rings. The molecule has 2 N–H and O–H groups in total. The van der Waals surface area contributed by atoms with E-state index >= 15 is 0 Å². The van der Waals surface area contributed by atoms with Crippen LogP contribution in [-0.2, 0) is 0 Å². The molecular weight excluding hydrogens is 468 g/mol. The average molecular weight is 495 g/mol. The molecule has 3 aromatic rings. The van der Waals surface area contributed by atoms with Crippen LogP contribution in [0.2, 0.25) is 0 Å². The minimum absolute atomic E-state index is 0.147. The molecule has 3 aromatic carbocycles. The number of para-hydroxylation sites is 2. The van der Waals surface area contributed by atoms with Gasteiger partial charge in [0, 0.05) is 33.8 Å². The summed E-state index contributed by atoms with van der Waals surface area (Å²) in [5, 5.41) is 14.5. The van der Waals surface area contributed by atoms with Crippen LogP contribution < -0.4 is 14.8 Å². The van der Waals surface area contributed by atoms with Gasteiger partial charge in [-0.05, 0) is 43.7 Å². The zero-order chi connectivity index (χ0) is 22.5. The second-order valence-electron chi connectivity index (χ2n) is 7.51. The SMILES string of the molecule is CCOc1ccccc1C1N=C(c2ccc(Br)cc2)CC(c2cccc(OCC)c2O)N1. The predicted octanol–water partition coefficient (Wildman–Crippen LogP) is 6.17. The Hall–Kier alpha value is -2.83. The van der Waals surface area contributed by atoms with Gasteiger partial charge in [-0.3, -0.25) is 10.3 Å². The largest absolute Gasteiger partial charge is 0.504 e. The number of aromatic hydroxyl groups is 1. The first kappa shape index (κ1) is 22.4. The first-order chi connectivity index (χ1) is 15.6. The smallest absolute Gasteiger partial charge is 0.162 e. The Balaban J connectivity index is 1.77. The quantitative estimate of drug-likeness (QED) is 0.411. The third-order valence-corrected chi connectivity index (χ3v) is 5.97. The lowest BCUT2D eigenvalue weighted by molar-refractivity contribution is 0.311. The van der Waals surface area contributed by atoms with E-state index in [1.807, 2.05) is 62.4 Å². The van der Waals surface area contributed by atoms with E-state index in [1.54, 1.807) is 6.07 Å². The molecule has 1 heterocycles. The molecule has 1 aliphatic rings. The van der Waals surface area contributed by atoms with Crippen molar-refractivity contribution < 1.29 is 14.6 Å². The molecule has 1 aliphatic heterocycles. The average Bonchev–Trinajstić information content (AvgIpc) is 2.81. The lowest BCUT2D eigenvalue weighted by Crippen LogP contribution is -2.33. The standard InChI is InChI=1S/C26H27BrN2O3/c1-3-31-23-10-6-5-8-20(23)26-28-21(17-12-14-18(27)15-13-17)16-22(29-26)19-9-7-11-24(25(19)30)32-4-2/h5-15,22,26,29-30H,3-4,16H2,1-2H3. The number of phenolic OH excluding ortho intramolecular Hbond substituents is 1. The molecule has 0 aliphatic carbocycles. The van der Waals surface area contributed by atoms with E-state index in [0.717, 1.165) is 32.6 Å². The topological polar surface area (TPSA) is 63.1 Å². The number of rotatable bonds is 7. The minimum atomic E-state index is -0.315. The van der Waals surface area contributed by atoms with Crippen molar-refractivity contribution in [3.05, 3.63) is 87.9 Å². The van der Waals surface area contributed by atoms with Gasteiger partial charge in [0.25, 0.3) is 0 Å². The number of aliphatic imine (C=N–C) groups is 1. The van der Waals surface area contributed by atoms with Gasteiger partial charge in [-0.2, -0.15) is 0 Å². The van der Waals surface area contributed by atoms with E-state index in [1.165, 1.54) is 0 Å². The normalized spacial score (nSPS) is 18.2. The van der Waals surface area contributed by atoms with E-state index in [0.29, 0.717) is 25.4 Å². The van der Waals surface area contributed by atoms with Crippen molar-refractivity contribution in [2.45, 2.75) is 32.5 Å². The van der Waals surface area contributed by atoms with Gasteiger partial charge in [0.15, 0.2) is 11.5 Å². The zero-order valence-electron chi connectivity index (χ0n) is 18.2. The molecule has 2 atom stereocenters. The van der Waals surface area contributed by atoms with E-state index < -0.39 is 0 Å². The fourth-order valence-corrected chi connectivity index (χ4v) is 4.23. The minimum Gasteiger partial charge on any atom is -0.504 e. The molecule has 0 radical (unpaired) electrons. The third-order valence-electron chi connectivity index (χ3n) is 5.44. The van der Waals surface area contributed by atoms with Crippen molar-refractivity contribution in [3.63, 3.8) is 0 Å². The predicted molar refractivity (Wildman–Crippen MR) is 131 cm³/mol. The van der Waals surface area contributed by atoms with Gasteiger partial charge in [-0.15, -0.1) is 0 Å². The fourth-order valence-electron chi connectivity index (χ4n) is 3.97. The second-order valence-corrected chi connectivity index (χ2v) is 8.42. The number of hydrogen-bond acceptors (Lipinski definition) is 5. The summed E-state index contributed by atoms with van der Waals surface area (Å²) in [7, 11) is 0. The van der Waals surface area contributed by atoms with E-state index in [9.17, 15) is 5.11 Å². The molecule has 0 bridgehead atoms. The highest BCUT2D eigenvalue weighted by Crippen LogP contribution is 2.40. The van der Waals surface area contributed by atoms with Crippen molar-refractivity contribution in [1.82, 2.24) is 5.32 Å². The maximum absolute atomic E-state index is 10.9. The maximum atomic E-state index is 10.9. The van der Waals surface area contributed by atoms with Crippen LogP contribution in [0.5, 0.6) is 17.2 Å². The van der Waals surface area contributed by atoms with Crippen LogP contribution in [0.4, 0.5) is 0 Å². The van der Waals surface area contributed by atoms with Gasteiger partial charge < -0.3 is 14.6 Å². The number of phenols is 1. The number of ether oxygens (including phenoxy) is 2. The van der Waals surface area contributed by atoms with Gasteiger partial charge in [0.1, 0.15) is 11.9 Å². The Kier molecular flexibility index (Phi) is 7.12. The van der Waals surface area contributed by atoms with Gasteiger partial charge >= 0.3 is 0 Å². The monoisotopic (exact) mass is 494 g/mol. The third kappa shape index (κ3) is 4.81. The summed E-state index contributed by atoms with van der Waals surface area (Å²) in [4.78, 5) is 5.06. The Morgan fingerprint density at radius 3 is 2.31 bits per heavy atom. The Morgan fingerprint density at radius 2 is 1.56 bits per heavy atom. The maximum Gasteiger partial charge on any atom is 0.162 e. The van der Waals surface area contributed by atoms with Crippen LogP contribution in [0.3, 0.4) is 0 Å². The summed E-state index contributed by atoms with van der Waals surface area (Å²) < 4.78 is 12.5. The summed E-state index contributed by atoms with van der Waals surface area (Å²) in [5.41, 5.74) is 3.78. The number of nitrogens with one attached hydrogen (secondary N) is 1. The van der Waals surface area contributed by atoms with Crippen molar-refractivity contribution in [3.8, 4) is 17.2 Å². The molecule has 166 valence electrons. The van der Waals surface area contributed by atoms with Gasteiger partial charge in [0.2, 0.25) is 0 Å². The molecule has 0 aromatic heterocycles. The fraction of sp³-hybridized carbons (Fsp3) is 0.269. The van der Waals surface area contributed by atoms with E-state index in [2.05, 4.69) is 33.4 Å². The molecule has 4 rings (SSSR count). The first-order valence-corrected chi connectivity index (χ1v) is 11.6. The molecule has 32 heavy (non-hydrogen) atoms. The van der Waals surface area contributed by atoms with Crippen molar-refractivity contribution >= 4 is 21.6 Å². The van der Waals surface area contributed by atoms with Gasteiger partial charge in [-0.25, -0.2) is 0 Å². The molecular formula is C26H27BrN2O3. The van der Waals surface area contributed by atoms with Crippen LogP contribution >= 0.6 is 15.9 Å². The highest BCUT2D eigenvalue weighted by atomic mass is 79.9. The first-order valence-electron chi connectivity index (χ1n) is 10.9. The Labute approximate surface area is 197 Å². The Bertz CT molecular complexity index is 1100. The number of halogens is 1. The van der Waals surface area contributed by atoms with Crippen LogP contribution in [-0.4, -0.2) is 24.0 Å². The van der Waals surface area contributed by atoms with Crippen LogP contribution in [0.15, 0.2) is 76.2 Å². The number of benzene rings is 3. The summed E-state index contributed by atoms with van der Waals surface area (Å²) in [5.74, 6) is 1.46. The molecule has 6 heteroatoms. The second kappa shape index (κ2) is 10.2. The molecule has 0 saturated carbocycles. The summed E-state index contributed by atoms with van der Waals surface area (Å²) in [6.45, 7) is 4.95. The highest BCUT2D eigenvalue weighted by molar-refractivity contribution is 9.10. The van der Waals surface area contributed by atoms with E-state index in [-0.39, 0.29) is 18.0 Å². The van der Waals surface area contributed by atoms with E-state index in [4.69, 9.17) is 14.5 Å². The number of hydrogen-bond donors (Lipinski definition) is 2. The summed E-state index contributed by atoms with van der Waals surface area (Å²) >= 11 is 3.51. The summed E-state index contributed by atoms with van der Waals surface area (Å²) in [6, 6.07) is 21.6. The highest BCUT2D eigenvalue weighted by Gasteiger charge is 2.29. The summed E-state index contributed by atoms with van der Waals surface area (Å²) in [6.07, 6.45) is 0.322. The van der Waals surface area contributed by atoms with Crippen molar-refractivity contribution in [2.75, 3.05) is 13.2 Å². The van der Waals surface area contributed by atoms with Crippen LogP contribution in [0.25, 0.3) is 0 Å². The molecule has 2 unspecified atom stereocenters. The van der Waals surface area contributed by atoms with Crippen molar-refractivity contribution in [2.24, 2.45) is 4.99 Å². The molecule has 0 spiro atoms. The Morgan fingerprint density at radius 1 is 0.906 bits per heavy atom. The van der Waals surface area contributed by atoms with Gasteiger partial charge in [0.05, 0.1) is 13.2 Å². The lowest BCUT2D eigenvalue weighted by atomic mass is 9.93. The molecule has 0 saturated heterocycles. The van der Waals surface area contributed by atoms with Crippen LogP contribution in [0.1, 0.15) is 49.2 Å². The lowest BCUT2D eigenvalue weighted by Gasteiger charge is -2.31. The molecule has 0 amide bonds. The number of nitrogens with zero attached hydrogens (tertiary/aromatic N) is 1.